The van der Waals surface area contributed by atoms with Gasteiger partial charge in [0.2, 0.25) is 0 Å². The summed E-state index contributed by atoms with van der Waals surface area (Å²) in [5.74, 6) is 0. The summed E-state index contributed by atoms with van der Waals surface area (Å²) in [6.07, 6.45) is 0. The van der Waals surface area contributed by atoms with E-state index in [1.807, 2.05) is 18.2 Å². The monoisotopic (exact) mass is 370 g/mol. The first-order valence-electron chi connectivity index (χ1n) is 3.29. The molecule has 0 saturated heterocycles. The summed E-state index contributed by atoms with van der Waals surface area (Å²) < 4.78 is 0. The molecule has 0 N–H and O–H groups in total. The van der Waals surface area contributed by atoms with E-state index in [1.54, 1.807) is 0 Å². The van der Waals surface area contributed by atoms with Crippen LogP contribution in [0.25, 0.3) is 0 Å². The van der Waals surface area contributed by atoms with Crippen molar-refractivity contribution in [3.05, 3.63) is 30.3 Å². The molecule has 0 spiro atoms. The number of rotatable bonds is 1. The SMILES string of the molecule is C[Si](c1ccccc1)=[Hf]([Cl])[Cl]. The molecule has 0 aliphatic carbocycles. The number of halogens is 2. The van der Waals surface area contributed by atoms with Crippen LogP contribution >= 0.6 is 17.2 Å². The van der Waals surface area contributed by atoms with Crippen LogP contribution < -0.4 is 5.19 Å². The van der Waals surface area contributed by atoms with Crippen LogP contribution in [-0.4, -0.2) is 5.49 Å². The minimum atomic E-state index is -2.10. The molecule has 1 rings (SSSR count). The van der Waals surface area contributed by atoms with Gasteiger partial charge in [0.15, 0.2) is 0 Å². The second-order valence-corrected chi connectivity index (χ2v) is 31.1. The zero-order chi connectivity index (χ0) is 8.27. The number of benzene rings is 1. The maximum atomic E-state index is 5.99. The van der Waals surface area contributed by atoms with E-state index in [2.05, 4.69) is 18.7 Å². The first kappa shape index (κ1) is 9.97. The van der Waals surface area contributed by atoms with E-state index >= 15 is 0 Å². The van der Waals surface area contributed by atoms with Gasteiger partial charge in [0.1, 0.15) is 0 Å². The Morgan fingerprint density at radius 1 is 1.18 bits per heavy atom. The minimum absolute atomic E-state index is 0.540. The van der Waals surface area contributed by atoms with Gasteiger partial charge in [-0.15, -0.1) is 0 Å². The summed E-state index contributed by atoms with van der Waals surface area (Å²) in [7, 11) is 12.0. The fraction of sp³-hybridized carbons (Fsp3) is 0.143. The Morgan fingerprint density at radius 2 is 1.73 bits per heavy atom. The van der Waals surface area contributed by atoms with Crippen molar-refractivity contribution < 1.29 is 17.7 Å². The molecule has 0 atom stereocenters. The van der Waals surface area contributed by atoms with E-state index in [-0.39, 0.29) is 0 Å². The Morgan fingerprint density at radius 3 is 2.18 bits per heavy atom. The second kappa shape index (κ2) is 4.80. The van der Waals surface area contributed by atoms with Crippen LogP contribution in [0.4, 0.5) is 0 Å². The molecule has 11 heavy (non-hydrogen) atoms. The van der Waals surface area contributed by atoms with Crippen LogP contribution in [0, 0.1) is 0 Å². The summed E-state index contributed by atoms with van der Waals surface area (Å²) in [5.41, 5.74) is -0.540. The van der Waals surface area contributed by atoms with Crippen molar-refractivity contribution in [2.24, 2.45) is 0 Å². The van der Waals surface area contributed by atoms with E-state index in [0.29, 0.717) is 0 Å². The van der Waals surface area contributed by atoms with Gasteiger partial charge in [0, 0.05) is 0 Å². The Labute approximate surface area is 81.8 Å². The summed E-state index contributed by atoms with van der Waals surface area (Å²) in [4.78, 5) is 0. The Kier molecular flexibility index (Phi) is 4.35. The number of hydrogen-bond donors (Lipinski definition) is 0. The molecule has 0 heterocycles. The zero-order valence-corrected chi connectivity index (χ0v) is 12.2. The topological polar surface area (TPSA) is 0 Å². The van der Waals surface area contributed by atoms with Crippen molar-refractivity contribution in [3.8, 4) is 0 Å². The van der Waals surface area contributed by atoms with Crippen molar-refractivity contribution in [2.45, 2.75) is 6.55 Å². The fourth-order valence-electron chi connectivity index (χ4n) is 0.797. The van der Waals surface area contributed by atoms with Crippen molar-refractivity contribution in [2.75, 3.05) is 0 Å². The van der Waals surface area contributed by atoms with Gasteiger partial charge in [-0.05, 0) is 0 Å². The average Bonchev–Trinajstić information content (AvgIpc) is 2.05. The molecule has 0 nitrogen and oxygen atoms in total. The van der Waals surface area contributed by atoms with Gasteiger partial charge in [-0.1, -0.05) is 0 Å². The molecule has 1 aromatic carbocycles. The van der Waals surface area contributed by atoms with Gasteiger partial charge in [-0.25, -0.2) is 0 Å². The van der Waals surface area contributed by atoms with Gasteiger partial charge < -0.3 is 0 Å². The summed E-state index contributed by atoms with van der Waals surface area (Å²) in [6.45, 7) is 2.21. The molecule has 0 radical (unpaired) electrons. The van der Waals surface area contributed by atoms with Gasteiger partial charge >= 0.3 is 82.4 Å². The van der Waals surface area contributed by atoms with Gasteiger partial charge in [-0.2, -0.15) is 0 Å². The van der Waals surface area contributed by atoms with Gasteiger partial charge in [0.05, 0.1) is 0 Å². The van der Waals surface area contributed by atoms with Crippen LogP contribution in [0.5, 0.6) is 0 Å². The molecule has 0 aliphatic heterocycles. The molecule has 0 saturated carbocycles. The van der Waals surface area contributed by atoms with Crippen molar-refractivity contribution >= 4 is 27.8 Å². The molecule has 0 aliphatic rings. The van der Waals surface area contributed by atoms with Crippen LogP contribution in [0.1, 0.15) is 0 Å². The molecule has 0 amide bonds. The van der Waals surface area contributed by atoms with Crippen molar-refractivity contribution in [1.82, 2.24) is 0 Å². The standard InChI is InChI=1S/C7H8Si.2ClH.Hf/c1-8-7-5-3-2-4-6-7;;;/h2-6H,1H3;2*1H;/q;;;+2/p-2. The first-order chi connectivity index (χ1) is 5.22. The van der Waals surface area contributed by atoms with E-state index < -0.39 is 23.2 Å². The van der Waals surface area contributed by atoms with Gasteiger partial charge in [-0.3, -0.25) is 0 Å². The molecule has 1 aromatic rings. The predicted octanol–water partition coefficient (Wildman–Crippen LogP) is 2.44. The zero-order valence-electron chi connectivity index (χ0n) is 6.14. The molecule has 0 fully saturated rings. The van der Waals surface area contributed by atoms with Crippen molar-refractivity contribution in [1.29, 1.82) is 0 Å². The third-order valence-electron chi connectivity index (χ3n) is 1.49. The molecule has 0 unspecified atom stereocenters. The summed E-state index contributed by atoms with van der Waals surface area (Å²) in [5, 5.41) is 1.38. The predicted molar refractivity (Wildman–Crippen MR) is 49.4 cm³/mol. The van der Waals surface area contributed by atoms with Crippen LogP contribution in [0.3, 0.4) is 0 Å². The third-order valence-corrected chi connectivity index (χ3v) is 26.4. The molecule has 58 valence electrons. The molecule has 4 heteroatoms. The fourth-order valence-corrected chi connectivity index (χ4v) is 11.2. The quantitative estimate of drug-likeness (QED) is 0.667. The van der Waals surface area contributed by atoms with Crippen molar-refractivity contribution in [3.63, 3.8) is 0 Å². The second-order valence-electron chi connectivity index (χ2n) is 2.25. The van der Waals surface area contributed by atoms with E-state index in [1.165, 1.54) is 5.19 Å². The van der Waals surface area contributed by atoms with E-state index in [4.69, 9.17) is 17.2 Å². The molecular formula is C7H8Cl2HfSi. The Hall–Kier alpha value is 0.887. The maximum absolute atomic E-state index is 5.99. The normalized spacial score (nSPS) is 9.36. The first-order valence-corrected chi connectivity index (χ1v) is 19.6. The average molecular weight is 370 g/mol. The summed E-state index contributed by atoms with van der Waals surface area (Å²) in [6, 6.07) is 10.4. The third kappa shape index (κ3) is 3.02. The molecule has 0 bridgehead atoms. The molecular weight excluding hydrogens is 362 g/mol. The Balaban J connectivity index is 3.04. The van der Waals surface area contributed by atoms with E-state index in [9.17, 15) is 0 Å². The van der Waals surface area contributed by atoms with Gasteiger partial charge in [0.25, 0.3) is 0 Å². The van der Waals surface area contributed by atoms with E-state index in [0.717, 1.165) is 0 Å². The van der Waals surface area contributed by atoms with Crippen LogP contribution in [0.15, 0.2) is 30.3 Å². The molecule has 0 aromatic heterocycles. The van der Waals surface area contributed by atoms with Crippen LogP contribution in [-0.2, 0) is 17.7 Å². The van der Waals surface area contributed by atoms with Crippen LogP contribution in [0.2, 0.25) is 6.55 Å². The summed E-state index contributed by atoms with van der Waals surface area (Å²) >= 11 is -2.10. The number of hydrogen-bond acceptors (Lipinski definition) is 0. The Bertz CT molecular complexity index is 267.